The minimum atomic E-state index is -3.19. The quantitative estimate of drug-likeness (QED) is 0.875. The van der Waals surface area contributed by atoms with Gasteiger partial charge in [-0.25, -0.2) is 8.42 Å². The monoisotopic (exact) mass is 373 g/mol. The smallest absolute Gasteiger partial charge is 0.175 e. The molecule has 0 amide bonds. The van der Waals surface area contributed by atoms with Gasteiger partial charge in [0.15, 0.2) is 9.84 Å². The number of hydrogen-bond donors (Lipinski definition) is 1. The first-order valence-corrected chi connectivity index (χ1v) is 8.90. The predicted molar refractivity (Wildman–Crippen MR) is 86.0 cm³/mol. The standard InChI is InChI=1S/C14H13BrClNO2S/c1-20(18,19)13-4-2-3-12(8-13)17-9-10-5-6-11(16)7-14(10)15/h2-8,17H,9H2,1H3. The molecule has 0 unspecified atom stereocenters. The van der Waals surface area contributed by atoms with E-state index in [4.69, 9.17) is 11.6 Å². The van der Waals surface area contributed by atoms with Crippen molar-refractivity contribution in [2.75, 3.05) is 11.6 Å². The fourth-order valence-corrected chi connectivity index (χ4v) is 3.19. The van der Waals surface area contributed by atoms with Gasteiger partial charge in [-0.15, -0.1) is 0 Å². The summed E-state index contributed by atoms with van der Waals surface area (Å²) in [5.74, 6) is 0. The third-order valence-electron chi connectivity index (χ3n) is 2.76. The van der Waals surface area contributed by atoms with E-state index in [2.05, 4.69) is 21.2 Å². The maximum atomic E-state index is 11.5. The Kier molecular flexibility index (Phi) is 4.73. The number of halogens is 2. The van der Waals surface area contributed by atoms with Gasteiger partial charge in [-0.3, -0.25) is 0 Å². The van der Waals surface area contributed by atoms with Crippen LogP contribution in [0.25, 0.3) is 0 Å². The minimum Gasteiger partial charge on any atom is -0.381 e. The predicted octanol–water partition coefficient (Wildman–Crippen LogP) is 4.12. The molecule has 0 saturated carbocycles. The number of hydrogen-bond acceptors (Lipinski definition) is 3. The van der Waals surface area contributed by atoms with Crippen LogP contribution in [0.2, 0.25) is 5.02 Å². The van der Waals surface area contributed by atoms with Crippen molar-refractivity contribution in [1.29, 1.82) is 0 Å². The molecule has 0 atom stereocenters. The zero-order valence-corrected chi connectivity index (χ0v) is 13.9. The second kappa shape index (κ2) is 6.16. The van der Waals surface area contributed by atoms with Crippen molar-refractivity contribution in [3.63, 3.8) is 0 Å². The van der Waals surface area contributed by atoms with Crippen molar-refractivity contribution in [3.05, 3.63) is 57.5 Å². The molecule has 20 heavy (non-hydrogen) atoms. The van der Waals surface area contributed by atoms with E-state index < -0.39 is 9.84 Å². The Morgan fingerprint density at radius 3 is 2.60 bits per heavy atom. The molecule has 0 heterocycles. The first kappa shape index (κ1) is 15.4. The van der Waals surface area contributed by atoms with Crippen LogP contribution in [0, 0.1) is 0 Å². The van der Waals surface area contributed by atoms with E-state index in [1.165, 1.54) is 6.26 Å². The third kappa shape index (κ3) is 3.98. The van der Waals surface area contributed by atoms with Crippen molar-refractivity contribution in [2.24, 2.45) is 0 Å². The molecule has 0 aromatic heterocycles. The fraction of sp³-hybridized carbons (Fsp3) is 0.143. The lowest BCUT2D eigenvalue weighted by atomic mass is 10.2. The van der Waals surface area contributed by atoms with E-state index in [1.54, 1.807) is 18.2 Å². The van der Waals surface area contributed by atoms with Gasteiger partial charge >= 0.3 is 0 Å². The molecule has 0 fully saturated rings. The molecule has 2 rings (SSSR count). The van der Waals surface area contributed by atoms with Crippen molar-refractivity contribution < 1.29 is 8.42 Å². The van der Waals surface area contributed by atoms with Crippen LogP contribution in [-0.4, -0.2) is 14.7 Å². The molecule has 1 N–H and O–H groups in total. The Bertz CT molecular complexity index is 732. The lowest BCUT2D eigenvalue weighted by Crippen LogP contribution is -2.02. The van der Waals surface area contributed by atoms with Gasteiger partial charge in [-0.2, -0.15) is 0 Å². The van der Waals surface area contributed by atoms with Crippen molar-refractivity contribution in [3.8, 4) is 0 Å². The zero-order valence-electron chi connectivity index (χ0n) is 10.7. The van der Waals surface area contributed by atoms with Gasteiger partial charge in [-0.05, 0) is 35.9 Å². The third-order valence-corrected chi connectivity index (χ3v) is 4.84. The molecule has 2 aromatic carbocycles. The number of benzene rings is 2. The van der Waals surface area contributed by atoms with Crippen LogP contribution in [0.3, 0.4) is 0 Å². The fourth-order valence-electron chi connectivity index (χ4n) is 1.70. The minimum absolute atomic E-state index is 0.303. The maximum absolute atomic E-state index is 11.5. The molecule has 0 aliphatic rings. The van der Waals surface area contributed by atoms with Gasteiger partial charge in [0.25, 0.3) is 0 Å². The Morgan fingerprint density at radius 1 is 1.20 bits per heavy atom. The first-order valence-electron chi connectivity index (χ1n) is 5.84. The number of sulfone groups is 1. The summed E-state index contributed by atoms with van der Waals surface area (Å²) >= 11 is 9.33. The summed E-state index contributed by atoms with van der Waals surface area (Å²) in [7, 11) is -3.19. The van der Waals surface area contributed by atoms with Crippen molar-refractivity contribution in [1.82, 2.24) is 0 Å². The summed E-state index contributed by atoms with van der Waals surface area (Å²) in [5.41, 5.74) is 1.80. The summed E-state index contributed by atoms with van der Waals surface area (Å²) in [6, 6.07) is 12.3. The lowest BCUT2D eigenvalue weighted by molar-refractivity contribution is 0.602. The van der Waals surface area contributed by atoms with Crippen LogP contribution < -0.4 is 5.32 Å². The number of rotatable bonds is 4. The molecular formula is C14H13BrClNO2S. The largest absolute Gasteiger partial charge is 0.381 e. The van der Waals surface area contributed by atoms with Gasteiger partial charge in [0.05, 0.1) is 4.90 Å². The van der Waals surface area contributed by atoms with Gasteiger partial charge < -0.3 is 5.32 Å². The van der Waals surface area contributed by atoms with Crippen molar-refractivity contribution in [2.45, 2.75) is 11.4 Å². The normalized spacial score (nSPS) is 11.3. The molecule has 106 valence electrons. The summed E-state index contributed by atoms with van der Waals surface area (Å²) in [6.07, 6.45) is 1.20. The summed E-state index contributed by atoms with van der Waals surface area (Å²) in [6.45, 7) is 0.574. The van der Waals surface area contributed by atoms with E-state index in [-0.39, 0.29) is 0 Å². The number of anilines is 1. The molecule has 0 bridgehead atoms. The van der Waals surface area contributed by atoms with Crippen molar-refractivity contribution >= 4 is 43.1 Å². The summed E-state index contributed by atoms with van der Waals surface area (Å²) in [5, 5.41) is 3.86. The van der Waals surface area contributed by atoms with Crippen LogP contribution in [-0.2, 0) is 16.4 Å². The molecule has 3 nitrogen and oxygen atoms in total. The molecule has 2 aromatic rings. The maximum Gasteiger partial charge on any atom is 0.175 e. The zero-order chi connectivity index (χ0) is 14.8. The first-order chi connectivity index (χ1) is 9.36. The highest BCUT2D eigenvalue weighted by Crippen LogP contribution is 2.23. The lowest BCUT2D eigenvalue weighted by Gasteiger charge is -2.09. The van der Waals surface area contributed by atoms with Gasteiger partial charge in [0.1, 0.15) is 0 Å². The second-order valence-electron chi connectivity index (χ2n) is 4.39. The molecule has 6 heteroatoms. The highest BCUT2D eigenvalue weighted by atomic mass is 79.9. The Balaban J connectivity index is 2.15. The molecule has 0 radical (unpaired) electrons. The van der Waals surface area contributed by atoms with Gasteiger partial charge in [0.2, 0.25) is 0 Å². The van der Waals surface area contributed by atoms with E-state index in [0.717, 1.165) is 15.7 Å². The highest BCUT2D eigenvalue weighted by molar-refractivity contribution is 9.10. The van der Waals surface area contributed by atoms with E-state index in [1.807, 2.05) is 24.3 Å². The molecule has 0 saturated heterocycles. The van der Waals surface area contributed by atoms with Crippen LogP contribution in [0.15, 0.2) is 51.8 Å². The SMILES string of the molecule is CS(=O)(=O)c1cccc(NCc2ccc(Cl)cc2Br)c1. The number of nitrogens with one attached hydrogen (secondary N) is 1. The highest BCUT2D eigenvalue weighted by Gasteiger charge is 2.07. The van der Waals surface area contributed by atoms with Crippen LogP contribution in [0.5, 0.6) is 0 Å². The van der Waals surface area contributed by atoms with Gasteiger partial charge in [0, 0.05) is 28.0 Å². The molecular weight excluding hydrogens is 362 g/mol. The van der Waals surface area contributed by atoms with Crippen LogP contribution in [0.4, 0.5) is 5.69 Å². The Morgan fingerprint density at radius 2 is 1.95 bits per heavy atom. The second-order valence-corrected chi connectivity index (χ2v) is 7.70. The summed E-state index contributed by atoms with van der Waals surface area (Å²) < 4.78 is 23.9. The van der Waals surface area contributed by atoms with Gasteiger partial charge in [-0.1, -0.05) is 39.7 Å². The van der Waals surface area contributed by atoms with E-state index >= 15 is 0 Å². The summed E-state index contributed by atoms with van der Waals surface area (Å²) in [4.78, 5) is 0.303. The van der Waals surface area contributed by atoms with E-state index in [0.29, 0.717) is 16.5 Å². The molecule has 0 aliphatic carbocycles. The average Bonchev–Trinajstić information content (AvgIpc) is 2.37. The van der Waals surface area contributed by atoms with Crippen LogP contribution in [0.1, 0.15) is 5.56 Å². The topological polar surface area (TPSA) is 46.2 Å². The van der Waals surface area contributed by atoms with E-state index in [9.17, 15) is 8.42 Å². The average molecular weight is 375 g/mol. The molecule has 0 aliphatic heterocycles. The Labute approximate surface area is 132 Å². The Hall–Kier alpha value is -1.04. The molecule has 0 spiro atoms. The van der Waals surface area contributed by atoms with Crippen LogP contribution >= 0.6 is 27.5 Å².